The summed E-state index contributed by atoms with van der Waals surface area (Å²) < 4.78 is 33.8. The predicted octanol–water partition coefficient (Wildman–Crippen LogP) is 2.23. The lowest BCUT2D eigenvalue weighted by Gasteiger charge is -2.42. The molecule has 2 heterocycles. The van der Waals surface area contributed by atoms with Gasteiger partial charge in [0.05, 0.1) is 26.4 Å². The first kappa shape index (κ1) is 45.1. The Morgan fingerprint density at radius 3 is 1.62 bits per heavy atom. The molecule has 0 amide bonds. The molecule has 2 fully saturated rings. The molecule has 0 aliphatic carbocycles. The largest absolute Gasteiger partial charge is 0.457 e. The summed E-state index contributed by atoms with van der Waals surface area (Å²) in [5.41, 5.74) is 0. The van der Waals surface area contributed by atoms with Crippen molar-refractivity contribution < 1.29 is 69.0 Å². The van der Waals surface area contributed by atoms with Crippen molar-refractivity contribution in [1.29, 1.82) is 0 Å². The first-order valence-corrected chi connectivity index (χ1v) is 19.1. The van der Waals surface area contributed by atoms with E-state index < -0.39 is 80.7 Å². The van der Waals surface area contributed by atoms with Crippen LogP contribution in [0.1, 0.15) is 123 Å². The molecule has 296 valence electrons. The number of aliphatic hydroxyl groups excluding tert-OH is 7. The van der Waals surface area contributed by atoms with E-state index in [0.717, 1.165) is 38.5 Å². The minimum absolute atomic E-state index is 0.0658. The first-order valence-electron chi connectivity index (χ1n) is 19.1. The Morgan fingerprint density at radius 1 is 0.580 bits per heavy atom. The Bertz CT molecular complexity index is 850. The van der Waals surface area contributed by atoms with Gasteiger partial charge >= 0.3 is 5.97 Å². The smallest absolute Gasteiger partial charge is 0.306 e. The molecular weight excluding hydrogens is 656 g/mol. The minimum Gasteiger partial charge on any atom is -0.457 e. The van der Waals surface area contributed by atoms with Gasteiger partial charge in [-0.2, -0.15) is 0 Å². The minimum atomic E-state index is -1.70. The molecule has 0 aromatic heterocycles. The Balaban J connectivity index is 1.87. The van der Waals surface area contributed by atoms with E-state index >= 15 is 0 Å². The number of carbonyl (C=O) groups is 1. The molecule has 0 aromatic rings. The fraction of sp³-hybridized carbons (Fsp3) is 0.972. The lowest BCUT2D eigenvalue weighted by molar-refractivity contribution is -0.332. The van der Waals surface area contributed by atoms with Gasteiger partial charge in [-0.05, 0) is 12.8 Å². The Kier molecular flexibility index (Phi) is 24.1. The van der Waals surface area contributed by atoms with Crippen LogP contribution in [0, 0.1) is 0 Å². The molecule has 11 atom stereocenters. The van der Waals surface area contributed by atoms with Gasteiger partial charge < -0.3 is 64.2 Å². The molecule has 50 heavy (non-hydrogen) atoms. The van der Waals surface area contributed by atoms with Crippen LogP contribution in [0.3, 0.4) is 0 Å². The van der Waals surface area contributed by atoms with Crippen LogP contribution in [-0.2, 0) is 33.2 Å². The second kappa shape index (κ2) is 26.7. The summed E-state index contributed by atoms with van der Waals surface area (Å²) in [6.07, 6.45) is 2.20. The summed E-state index contributed by atoms with van der Waals surface area (Å²) in [6, 6.07) is 0. The number of aliphatic hydroxyl groups is 7. The highest BCUT2D eigenvalue weighted by Crippen LogP contribution is 2.26. The summed E-state index contributed by atoms with van der Waals surface area (Å²) in [5.74, 6) is -0.382. The second-order valence-electron chi connectivity index (χ2n) is 13.8. The van der Waals surface area contributed by atoms with Crippen LogP contribution in [-0.4, -0.2) is 142 Å². The molecule has 0 spiro atoms. The SMILES string of the molecule is CCCCCCCCCCCCC(=O)OC(COCCCCCCCC)COC1OC(COC2OC(CO)C(O)C(O)C2O)C(O)C(O)C1O. The molecular formula is C36H68O14. The quantitative estimate of drug-likeness (QED) is 0.0456. The lowest BCUT2D eigenvalue weighted by Crippen LogP contribution is -2.61. The molecule has 0 bridgehead atoms. The molecule has 0 aromatic carbocycles. The average Bonchev–Trinajstić information content (AvgIpc) is 3.11. The predicted molar refractivity (Wildman–Crippen MR) is 183 cm³/mol. The van der Waals surface area contributed by atoms with E-state index in [9.17, 15) is 40.5 Å². The summed E-state index contributed by atoms with van der Waals surface area (Å²) >= 11 is 0. The average molecular weight is 725 g/mol. The van der Waals surface area contributed by atoms with Crippen LogP contribution < -0.4 is 0 Å². The Morgan fingerprint density at radius 2 is 1.06 bits per heavy atom. The summed E-state index contributed by atoms with van der Waals surface area (Å²) in [7, 11) is 0. The van der Waals surface area contributed by atoms with Gasteiger partial charge in [-0.25, -0.2) is 0 Å². The maximum atomic E-state index is 12.8. The van der Waals surface area contributed by atoms with Gasteiger partial charge in [0, 0.05) is 13.0 Å². The van der Waals surface area contributed by atoms with Crippen LogP contribution in [0.5, 0.6) is 0 Å². The van der Waals surface area contributed by atoms with Crippen molar-refractivity contribution in [3.63, 3.8) is 0 Å². The van der Waals surface area contributed by atoms with Crippen molar-refractivity contribution >= 4 is 5.97 Å². The van der Waals surface area contributed by atoms with Crippen molar-refractivity contribution in [2.24, 2.45) is 0 Å². The van der Waals surface area contributed by atoms with E-state index in [-0.39, 0.29) is 25.6 Å². The zero-order chi connectivity index (χ0) is 36.7. The van der Waals surface area contributed by atoms with Crippen molar-refractivity contribution in [2.75, 3.05) is 33.0 Å². The molecule has 11 unspecified atom stereocenters. The van der Waals surface area contributed by atoms with Gasteiger partial charge in [-0.3, -0.25) is 4.79 Å². The molecule has 14 heteroatoms. The van der Waals surface area contributed by atoms with Crippen LogP contribution in [0.4, 0.5) is 0 Å². The zero-order valence-corrected chi connectivity index (χ0v) is 30.4. The van der Waals surface area contributed by atoms with E-state index in [4.69, 9.17) is 28.4 Å². The third-order valence-corrected chi connectivity index (χ3v) is 9.37. The highest BCUT2D eigenvalue weighted by atomic mass is 16.7. The fourth-order valence-corrected chi connectivity index (χ4v) is 6.11. The summed E-state index contributed by atoms with van der Waals surface area (Å²) in [6.45, 7) is 3.59. The highest BCUT2D eigenvalue weighted by Gasteiger charge is 2.47. The van der Waals surface area contributed by atoms with E-state index in [2.05, 4.69) is 13.8 Å². The third kappa shape index (κ3) is 16.8. The molecule has 7 N–H and O–H groups in total. The van der Waals surface area contributed by atoms with E-state index in [1.807, 2.05) is 0 Å². The number of unbranched alkanes of at least 4 members (excludes halogenated alkanes) is 14. The summed E-state index contributed by atoms with van der Waals surface area (Å²) in [4.78, 5) is 12.8. The number of ether oxygens (including phenoxy) is 6. The Hall–Kier alpha value is -1.01. The van der Waals surface area contributed by atoms with Gasteiger partial charge in [0.2, 0.25) is 0 Å². The van der Waals surface area contributed by atoms with Crippen molar-refractivity contribution in [3.8, 4) is 0 Å². The van der Waals surface area contributed by atoms with Crippen molar-refractivity contribution in [1.82, 2.24) is 0 Å². The second-order valence-corrected chi connectivity index (χ2v) is 13.8. The van der Waals surface area contributed by atoms with Gasteiger partial charge in [0.15, 0.2) is 12.6 Å². The van der Waals surface area contributed by atoms with Gasteiger partial charge in [-0.15, -0.1) is 0 Å². The van der Waals surface area contributed by atoms with Gasteiger partial charge in [0.1, 0.15) is 54.9 Å². The molecule has 0 saturated carbocycles. The lowest BCUT2D eigenvalue weighted by atomic mass is 9.98. The van der Waals surface area contributed by atoms with Gasteiger partial charge in [0.25, 0.3) is 0 Å². The van der Waals surface area contributed by atoms with Gasteiger partial charge in [-0.1, -0.05) is 104 Å². The Labute approximate surface area is 298 Å². The monoisotopic (exact) mass is 724 g/mol. The third-order valence-electron chi connectivity index (χ3n) is 9.37. The van der Waals surface area contributed by atoms with Crippen LogP contribution >= 0.6 is 0 Å². The number of carbonyl (C=O) groups excluding carboxylic acids is 1. The molecule has 2 saturated heterocycles. The number of hydrogen-bond donors (Lipinski definition) is 7. The molecule has 2 aliphatic heterocycles. The zero-order valence-electron chi connectivity index (χ0n) is 30.4. The topological polar surface area (TPSA) is 214 Å². The first-order chi connectivity index (χ1) is 24.1. The molecule has 2 rings (SSSR count). The summed E-state index contributed by atoms with van der Waals surface area (Å²) in [5, 5.41) is 71.4. The van der Waals surface area contributed by atoms with Crippen molar-refractivity contribution in [2.45, 2.75) is 191 Å². The standard InChI is InChI=1S/C36H68O14/c1-3-5-7-9-11-12-13-14-15-17-19-28(38)48-25(22-45-20-18-16-10-8-6-4-2)23-46-35-34(44)32(42)30(40)27(50-35)24-47-36-33(43)31(41)29(39)26(21-37)49-36/h25-27,29-37,39-44H,3-24H2,1-2H3. The van der Waals surface area contributed by atoms with E-state index in [1.165, 1.54) is 57.8 Å². The number of hydrogen-bond acceptors (Lipinski definition) is 14. The van der Waals surface area contributed by atoms with Crippen LogP contribution in [0.25, 0.3) is 0 Å². The molecule has 2 aliphatic rings. The van der Waals surface area contributed by atoms with Crippen LogP contribution in [0.2, 0.25) is 0 Å². The molecule has 0 radical (unpaired) electrons. The molecule has 14 nitrogen and oxygen atoms in total. The van der Waals surface area contributed by atoms with E-state index in [0.29, 0.717) is 13.0 Å². The number of rotatable bonds is 28. The maximum Gasteiger partial charge on any atom is 0.306 e. The van der Waals surface area contributed by atoms with Crippen LogP contribution in [0.15, 0.2) is 0 Å². The fourth-order valence-electron chi connectivity index (χ4n) is 6.11. The highest BCUT2D eigenvalue weighted by molar-refractivity contribution is 5.69. The number of esters is 1. The normalized spacial score (nSPS) is 30.7. The maximum absolute atomic E-state index is 12.8. The van der Waals surface area contributed by atoms with E-state index in [1.54, 1.807) is 0 Å². The van der Waals surface area contributed by atoms with Crippen molar-refractivity contribution in [3.05, 3.63) is 0 Å².